The van der Waals surface area contributed by atoms with Gasteiger partial charge >= 0.3 is 11.9 Å². The molecule has 1 aliphatic heterocycles. The van der Waals surface area contributed by atoms with E-state index in [2.05, 4.69) is 20.9 Å². The fourth-order valence-electron chi connectivity index (χ4n) is 4.60. The number of carbonyl (C=O) groups excluding carboxylic acids is 1. The molecule has 0 fully saturated rings. The van der Waals surface area contributed by atoms with Crippen molar-refractivity contribution in [3.63, 3.8) is 0 Å². The molecule has 0 unspecified atom stereocenters. The number of aromatic carboxylic acids is 1. The van der Waals surface area contributed by atoms with Crippen LogP contribution in [-0.4, -0.2) is 27.7 Å². The van der Waals surface area contributed by atoms with Crippen LogP contribution >= 0.6 is 38.9 Å². The molecule has 5 rings (SSSR count). The third kappa shape index (κ3) is 6.66. The summed E-state index contributed by atoms with van der Waals surface area (Å²) < 4.78 is 14.1. The number of benzene rings is 3. The van der Waals surface area contributed by atoms with Gasteiger partial charge < -0.3 is 14.6 Å². The number of carboxylic acid groups (broad SMARTS) is 1. The number of allylic oxidation sites excluding steroid dienone is 1. The van der Waals surface area contributed by atoms with Crippen LogP contribution in [0.3, 0.4) is 0 Å². The smallest absolute Gasteiger partial charge is 0.338 e. The van der Waals surface area contributed by atoms with Crippen LogP contribution in [0.15, 0.2) is 92.3 Å². The maximum Gasteiger partial charge on any atom is 0.338 e. The molecule has 0 spiro atoms. The lowest BCUT2D eigenvalue weighted by molar-refractivity contribution is -0.143. The molecule has 2 heterocycles. The average Bonchev–Trinajstić information content (AvgIpc) is 3.26. The summed E-state index contributed by atoms with van der Waals surface area (Å²) in [4.78, 5) is 43.2. The van der Waals surface area contributed by atoms with Crippen molar-refractivity contribution in [2.75, 3.05) is 0 Å². The highest BCUT2D eigenvalue weighted by atomic mass is 79.9. The molecule has 11 heteroatoms. The Morgan fingerprint density at radius 1 is 1.12 bits per heavy atom. The Hall–Kier alpha value is -3.99. The lowest BCUT2D eigenvalue weighted by Crippen LogP contribution is -2.40. The highest BCUT2D eigenvalue weighted by molar-refractivity contribution is 9.10. The summed E-state index contributed by atoms with van der Waals surface area (Å²) >= 11 is 10.9. The SMILES string of the molecule is CC1=C(C(=O)OC(C)C)[C@@H](c2ccc(Cl)cc2)n2c(s/c(=C/c3ccc(OCc4ccc(C(=O)O)cc4)c(Br)c3)c2=O)=N1. The zero-order valence-electron chi connectivity index (χ0n) is 23.3. The average molecular weight is 682 g/mol. The highest BCUT2D eigenvalue weighted by Crippen LogP contribution is 2.32. The van der Waals surface area contributed by atoms with Gasteiger partial charge in [-0.3, -0.25) is 9.36 Å². The summed E-state index contributed by atoms with van der Waals surface area (Å²) in [7, 11) is 0. The van der Waals surface area contributed by atoms with Crippen LogP contribution in [-0.2, 0) is 16.1 Å². The standard InChI is InChI=1S/C32H26BrClN2O6S/c1-17(2)42-31(40)27-18(3)35-32-36(28(27)21-9-11-23(34)12-10-21)29(37)26(43-32)15-20-6-13-25(24(33)14-20)41-16-19-4-7-22(8-5-19)30(38)39/h4-15,17,28H,16H2,1-3H3,(H,38,39)/b26-15+/t28-/m1/s1. The van der Waals surface area contributed by atoms with Crippen molar-refractivity contribution in [3.05, 3.63) is 129 Å². The third-order valence-corrected chi connectivity index (χ3v) is 8.47. The number of hydrogen-bond donors (Lipinski definition) is 1. The maximum atomic E-state index is 13.9. The fourth-order valence-corrected chi connectivity index (χ4v) is 6.28. The van der Waals surface area contributed by atoms with Crippen LogP contribution in [0.2, 0.25) is 5.02 Å². The molecule has 43 heavy (non-hydrogen) atoms. The first-order valence-corrected chi connectivity index (χ1v) is 15.2. The summed E-state index contributed by atoms with van der Waals surface area (Å²) in [6.45, 7) is 5.54. The number of ether oxygens (including phenoxy) is 2. The Morgan fingerprint density at radius 2 is 1.81 bits per heavy atom. The second-order valence-corrected chi connectivity index (χ2v) is 12.4. The molecule has 0 saturated carbocycles. The lowest BCUT2D eigenvalue weighted by Gasteiger charge is -2.25. The van der Waals surface area contributed by atoms with E-state index in [1.54, 1.807) is 69.3 Å². The van der Waals surface area contributed by atoms with E-state index in [1.165, 1.54) is 28.0 Å². The quantitative estimate of drug-likeness (QED) is 0.233. The molecule has 0 saturated heterocycles. The maximum absolute atomic E-state index is 13.9. The van der Waals surface area contributed by atoms with E-state index in [9.17, 15) is 14.4 Å². The number of carbonyl (C=O) groups is 2. The van der Waals surface area contributed by atoms with Crippen molar-refractivity contribution in [3.8, 4) is 5.75 Å². The molecule has 1 N–H and O–H groups in total. The Labute approximate surface area is 264 Å². The predicted octanol–water partition coefficient (Wildman–Crippen LogP) is 5.88. The van der Waals surface area contributed by atoms with Crippen molar-refractivity contribution in [2.24, 2.45) is 4.99 Å². The van der Waals surface area contributed by atoms with Gasteiger partial charge in [0.2, 0.25) is 0 Å². The normalized spacial score (nSPS) is 14.8. The number of esters is 1. The Balaban J connectivity index is 1.48. The summed E-state index contributed by atoms with van der Waals surface area (Å²) in [6.07, 6.45) is 1.43. The van der Waals surface area contributed by atoms with Gasteiger partial charge in [0.25, 0.3) is 5.56 Å². The van der Waals surface area contributed by atoms with Gasteiger partial charge in [-0.25, -0.2) is 14.6 Å². The van der Waals surface area contributed by atoms with E-state index in [-0.39, 0.29) is 23.8 Å². The largest absolute Gasteiger partial charge is 0.488 e. The zero-order valence-corrected chi connectivity index (χ0v) is 26.5. The summed E-state index contributed by atoms with van der Waals surface area (Å²) in [5.74, 6) is -0.918. The number of aromatic nitrogens is 1. The summed E-state index contributed by atoms with van der Waals surface area (Å²) in [5, 5.41) is 9.61. The molecule has 0 radical (unpaired) electrons. The van der Waals surface area contributed by atoms with E-state index in [1.807, 2.05) is 12.1 Å². The zero-order chi connectivity index (χ0) is 30.8. The minimum atomic E-state index is -0.983. The van der Waals surface area contributed by atoms with Gasteiger partial charge in [-0.15, -0.1) is 0 Å². The molecule has 1 aromatic heterocycles. The minimum Gasteiger partial charge on any atom is -0.488 e. The summed E-state index contributed by atoms with van der Waals surface area (Å²) in [5.41, 5.74) is 3.01. The van der Waals surface area contributed by atoms with E-state index in [4.69, 9.17) is 26.2 Å². The number of thiazole rings is 1. The van der Waals surface area contributed by atoms with E-state index >= 15 is 0 Å². The van der Waals surface area contributed by atoms with Crippen molar-refractivity contribution in [2.45, 2.75) is 39.5 Å². The molecule has 0 bridgehead atoms. The van der Waals surface area contributed by atoms with Crippen molar-refractivity contribution >= 4 is 56.9 Å². The predicted molar refractivity (Wildman–Crippen MR) is 168 cm³/mol. The van der Waals surface area contributed by atoms with Crippen LogP contribution in [0.1, 0.15) is 53.9 Å². The number of nitrogens with zero attached hydrogens (tertiary/aromatic N) is 2. The molecule has 0 amide bonds. The highest BCUT2D eigenvalue weighted by Gasteiger charge is 2.33. The van der Waals surface area contributed by atoms with Gasteiger partial charge in [-0.1, -0.05) is 53.3 Å². The topological polar surface area (TPSA) is 107 Å². The minimum absolute atomic E-state index is 0.209. The van der Waals surface area contributed by atoms with Gasteiger partial charge in [-0.2, -0.15) is 0 Å². The van der Waals surface area contributed by atoms with Crippen LogP contribution < -0.4 is 19.6 Å². The third-order valence-electron chi connectivity index (χ3n) is 6.62. The molecule has 1 atom stereocenters. The van der Waals surface area contributed by atoms with Crippen LogP contribution in [0.5, 0.6) is 5.75 Å². The first-order valence-electron chi connectivity index (χ1n) is 13.3. The number of carboxylic acids is 1. The number of fused-ring (bicyclic) bond motifs is 1. The van der Waals surface area contributed by atoms with Crippen LogP contribution in [0.25, 0.3) is 6.08 Å². The van der Waals surface area contributed by atoms with Gasteiger partial charge in [0.05, 0.1) is 38.0 Å². The van der Waals surface area contributed by atoms with Gasteiger partial charge in [0.15, 0.2) is 4.80 Å². The fraction of sp³-hybridized carbons (Fsp3) is 0.188. The van der Waals surface area contributed by atoms with Crippen molar-refractivity contribution < 1.29 is 24.2 Å². The summed E-state index contributed by atoms with van der Waals surface area (Å²) in [6, 6.07) is 18.2. The first kappa shape index (κ1) is 30.5. The van der Waals surface area contributed by atoms with E-state index < -0.39 is 18.0 Å². The van der Waals surface area contributed by atoms with E-state index in [0.717, 1.165) is 11.1 Å². The number of hydrogen-bond acceptors (Lipinski definition) is 7. The molecular formula is C32H26BrClN2O6S. The second-order valence-electron chi connectivity index (χ2n) is 10.1. The molecule has 8 nitrogen and oxygen atoms in total. The Kier molecular flexibility index (Phi) is 9.00. The Morgan fingerprint density at radius 3 is 2.44 bits per heavy atom. The number of halogens is 2. The Bertz CT molecular complexity index is 1930. The van der Waals surface area contributed by atoms with E-state index in [0.29, 0.717) is 41.4 Å². The van der Waals surface area contributed by atoms with Crippen LogP contribution in [0.4, 0.5) is 0 Å². The molecular weight excluding hydrogens is 656 g/mol. The molecule has 4 aromatic rings. The van der Waals surface area contributed by atoms with Gasteiger partial charge in [-0.05, 0) is 95.9 Å². The first-order chi connectivity index (χ1) is 20.5. The second kappa shape index (κ2) is 12.7. The van der Waals surface area contributed by atoms with Crippen LogP contribution in [0, 0.1) is 0 Å². The molecule has 220 valence electrons. The van der Waals surface area contributed by atoms with Gasteiger partial charge in [0.1, 0.15) is 12.4 Å². The molecule has 3 aromatic carbocycles. The monoisotopic (exact) mass is 680 g/mol. The molecule has 1 aliphatic rings. The molecule has 0 aliphatic carbocycles. The van der Waals surface area contributed by atoms with Crippen molar-refractivity contribution in [1.29, 1.82) is 0 Å². The number of rotatable bonds is 8. The lowest BCUT2D eigenvalue weighted by atomic mass is 9.96. The van der Waals surface area contributed by atoms with Gasteiger partial charge in [0, 0.05) is 5.02 Å². The van der Waals surface area contributed by atoms with Crippen molar-refractivity contribution in [1.82, 2.24) is 4.57 Å².